The summed E-state index contributed by atoms with van der Waals surface area (Å²) >= 11 is 0. The predicted octanol–water partition coefficient (Wildman–Crippen LogP) is 2.52. The zero-order valence-corrected chi connectivity index (χ0v) is 15.3. The Hall–Kier alpha value is -2.47. The number of nitrogens with one attached hydrogen (secondary N) is 2. The summed E-state index contributed by atoms with van der Waals surface area (Å²) in [6.07, 6.45) is 5.56. The van der Waals surface area contributed by atoms with E-state index in [9.17, 15) is 4.79 Å². The van der Waals surface area contributed by atoms with E-state index in [1.54, 1.807) is 12.4 Å². The van der Waals surface area contributed by atoms with Crippen LogP contribution in [0.3, 0.4) is 0 Å². The molecule has 6 heteroatoms. The number of hydrogen-bond acceptors (Lipinski definition) is 5. The molecule has 3 rings (SSSR count). The monoisotopic (exact) mass is 353 g/mol. The van der Waals surface area contributed by atoms with E-state index in [1.165, 1.54) is 18.4 Å². The summed E-state index contributed by atoms with van der Waals surface area (Å²) < 4.78 is 0. The van der Waals surface area contributed by atoms with Crippen LogP contribution in [0, 0.1) is 0 Å². The van der Waals surface area contributed by atoms with Crippen molar-refractivity contribution in [3.05, 3.63) is 53.9 Å². The van der Waals surface area contributed by atoms with Gasteiger partial charge in [0.2, 0.25) is 5.95 Å². The Balaban J connectivity index is 1.44. The number of likely N-dealkylation sites (tertiary alicyclic amines) is 1. The van der Waals surface area contributed by atoms with Crippen LogP contribution in [0.5, 0.6) is 0 Å². The maximum atomic E-state index is 12.2. The van der Waals surface area contributed by atoms with Crippen molar-refractivity contribution in [3.63, 3.8) is 0 Å². The highest BCUT2D eigenvalue weighted by atomic mass is 16.1. The molecule has 2 heterocycles. The highest BCUT2D eigenvalue weighted by molar-refractivity contribution is 5.93. The molecule has 1 atom stereocenters. The van der Waals surface area contributed by atoms with Crippen LogP contribution in [0.1, 0.15) is 41.6 Å². The molecule has 0 bridgehead atoms. The van der Waals surface area contributed by atoms with E-state index in [4.69, 9.17) is 0 Å². The molecule has 0 saturated carbocycles. The van der Waals surface area contributed by atoms with Gasteiger partial charge in [-0.15, -0.1) is 0 Å². The van der Waals surface area contributed by atoms with Crippen molar-refractivity contribution in [2.45, 2.75) is 25.7 Å². The Morgan fingerprint density at radius 2 is 2.00 bits per heavy atom. The van der Waals surface area contributed by atoms with Crippen molar-refractivity contribution in [2.24, 2.45) is 0 Å². The van der Waals surface area contributed by atoms with E-state index in [2.05, 4.69) is 55.8 Å². The standard InChI is InChI=1S/C20H27N5O/c1-2-21-20-23-13-18(14-24-20)19(26)22-10-12-25-11-6-9-17(15-25)16-7-4-3-5-8-16/h3-5,7-8,13-14,17H,2,6,9-12,15H2,1H3,(H,22,26)(H,21,23,24)/t17-/m1/s1. The first-order valence-electron chi connectivity index (χ1n) is 9.37. The van der Waals surface area contributed by atoms with Gasteiger partial charge in [0.25, 0.3) is 5.91 Å². The van der Waals surface area contributed by atoms with Crippen molar-refractivity contribution in [1.29, 1.82) is 0 Å². The normalized spacial score (nSPS) is 17.7. The van der Waals surface area contributed by atoms with Gasteiger partial charge in [-0.25, -0.2) is 9.97 Å². The molecule has 1 saturated heterocycles. The Kier molecular flexibility index (Phi) is 6.55. The first-order valence-corrected chi connectivity index (χ1v) is 9.37. The SMILES string of the molecule is CCNc1ncc(C(=O)NCCN2CCC[C@@H](c3ccccc3)C2)cn1. The number of benzene rings is 1. The molecule has 0 aliphatic carbocycles. The molecule has 6 nitrogen and oxygen atoms in total. The average molecular weight is 353 g/mol. The lowest BCUT2D eigenvalue weighted by atomic mass is 9.91. The van der Waals surface area contributed by atoms with Crippen LogP contribution in [-0.4, -0.2) is 53.5 Å². The lowest BCUT2D eigenvalue weighted by molar-refractivity contribution is 0.0945. The summed E-state index contributed by atoms with van der Waals surface area (Å²) in [4.78, 5) is 22.9. The fourth-order valence-electron chi connectivity index (χ4n) is 3.38. The smallest absolute Gasteiger partial charge is 0.254 e. The average Bonchev–Trinajstić information content (AvgIpc) is 2.70. The van der Waals surface area contributed by atoms with E-state index in [1.807, 2.05) is 6.92 Å². The predicted molar refractivity (Wildman–Crippen MR) is 103 cm³/mol. The van der Waals surface area contributed by atoms with Gasteiger partial charge in [0.15, 0.2) is 0 Å². The maximum Gasteiger partial charge on any atom is 0.254 e. The van der Waals surface area contributed by atoms with E-state index in [0.717, 1.165) is 26.2 Å². The van der Waals surface area contributed by atoms with Gasteiger partial charge >= 0.3 is 0 Å². The molecule has 1 aliphatic rings. The maximum absolute atomic E-state index is 12.2. The molecule has 1 aromatic carbocycles. The molecule has 0 spiro atoms. The molecule has 1 aliphatic heterocycles. The number of amides is 1. The minimum atomic E-state index is -0.121. The fraction of sp³-hybridized carbons (Fsp3) is 0.450. The van der Waals surface area contributed by atoms with Gasteiger partial charge < -0.3 is 15.5 Å². The zero-order valence-electron chi connectivity index (χ0n) is 15.3. The largest absolute Gasteiger partial charge is 0.355 e. The first-order chi connectivity index (χ1) is 12.8. The second-order valence-corrected chi connectivity index (χ2v) is 6.63. The van der Waals surface area contributed by atoms with Crippen LogP contribution in [0.15, 0.2) is 42.7 Å². The van der Waals surface area contributed by atoms with Crippen LogP contribution in [0.4, 0.5) is 5.95 Å². The van der Waals surface area contributed by atoms with E-state index in [-0.39, 0.29) is 5.91 Å². The van der Waals surface area contributed by atoms with Crippen molar-refractivity contribution in [3.8, 4) is 0 Å². The van der Waals surface area contributed by atoms with Gasteiger partial charge in [-0.2, -0.15) is 0 Å². The van der Waals surface area contributed by atoms with Gasteiger partial charge in [-0.05, 0) is 37.8 Å². The number of aromatic nitrogens is 2. The number of carbonyl (C=O) groups is 1. The number of carbonyl (C=O) groups excluding carboxylic acids is 1. The summed E-state index contributed by atoms with van der Waals surface area (Å²) in [7, 11) is 0. The van der Waals surface area contributed by atoms with Gasteiger partial charge in [0.05, 0.1) is 5.56 Å². The summed E-state index contributed by atoms with van der Waals surface area (Å²) in [6.45, 7) is 6.39. The van der Waals surface area contributed by atoms with Crippen LogP contribution in [0.2, 0.25) is 0 Å². The lowest BCUT2D eigenvalue weighted by Crippen LogP contribution is -2.40. The van der Waals surface area contributed by atoms with Crippen LogP contribution >= 0.6 is 0 Å². The Morgan fingerprint density at radius 1 is 1.23 bits per heavy atom. The Labute approximate surface area is 155 Å². The third kappa shape index (κ3) is 5.02. The van der Waals surface area contributed by atoms with E-state index >= 15 is 0 Å². The summed E-state index contributed by atoms with van der Waals surface area (Å²) in [5.74, 6) is 1.02. The van der Waals surface area contributed by atoms with Crippen molar-refractivity contribution in [1.82, 2.24) is 20.2 Å². The highest BCUT2D eigenvalue weighted by Gasteiger charge is 2.20. The summed E-state index contributed by atoms with van der Waals surface area (Å²) in [5.41, 5.74) is 1.91. The molecule has 0 unspecified atom stereocenters. The fourth-order valence-corrected chi connectivity index (χ4v) is 3.38. The van der Waals surface area contributed by atoms with Gasteiger partial charge in [0.1, 0.15) is 0 Å². The number of piperidine rings is 1. The minimum Gasteiger partial charge on any atom is -0.355 e. The second-order valence-electron chi connectivity index (χ2n) is 6.63. The topological polar surface area (TPSA) is 70.2 Å². The molecule has 1 fully saturated rings. The number of anilines is 1. The molecule has 26 heavy (non-hydrogen) atoms. The third-order valence-corrected chi connectivity index (χ3v) is 4.74. The van der Waals surface area contributed by atoms with Gasteiger partial charge in [0, 0.05) is 38.6 Å². The van der Waals surface area contributed by atoms with Gasteiger partial charge in [-0.3, -0.25) is 4.79 Å². The Morgan fingerprint density at radius 3 is 2.73 bits per heavy atom. The number of nitrogens with zero attached hydrogens (tertiary/aromatic N) is 3. The number of hydrogen-bond donors (Lipinski definition) is 2. The molecule has 2 N–H and O–H groups in total. The van der Waals surface area contributed by atoms with Crippen molar-refractivity contribution in [2.75, 3.05) is 38.0 Å². The third-order valence-electron chi connectivity index (χ3n) is 4.74. The summed E-state index contributed by atoms with van der Waals surface area (Å²) in [5, 5.41) is 5.99. The molecule has 0 radical (unpaired) electrons. The summed E-state index contributed by atoms with van der Waals surface area (Å²) in [6, 6.07) is 10.7. The molecule has 138 valence electrons. The van der Waals surface area contributed by atoms with Crippen LogP contribution in [0.25, 0.3) is 0 Å². The van der Waals surface area contributed by atoms with Gasteiger partial charge in [-0.1, -0.05) is 30.3 Å². The molecule has 1 aromatic heterocycles. The quantitative estimate of drug-likeness (QED) is 0.800. The van der Waals surface area contributed by atoms with Crippen molar-refractivity contribution >= 4 is 11.9 Å². The molecule has 2 aromatic rings. The van der Waals surface area contributed by atoms with Crippen LogP contribution in [-0.2, 0) is 0 Å². The zero-order chi connectivity index (χ0) is 18.2. The molecular formula is C20H27N5O. The molecular weight excluding hydrogens is 326 g/mol. The Bertz CT molecular complexity index is 689. The van der Waals surface area contributed by atoms with Crippen LogP contribution < -0.4 is 10.6 Å². The second kappa shape index (κ2) is 9.29. The minimum absolute atomic E-state index is 0.121. The van der Waals surface area contributed by atoms with E-state index in [0.29, 0.717) is 24.0 Å². The first kappa shape index (κ1) is 18.3. The highest BCUT2D eigenvalue weighted by Crippen LogP contribution is 2.26. The van der Waals surface area contributed by atoms with E-state index < -0.39 is 0 Å². The molecule has 1 amide bonds. The number of rotatable bonds is 7. The lowest BCUT2D eigenvalue weighted by Gasteiger charge is -2.33. The van der Waals surface area contributed by atoms with Crippen molar-refractivity contribution < 1.29 is 4.79 Å².